The van der Waals surface area contributed by atoms with Gasteiger partial charge in [-0.2, -0.15) is 0 Å². The van der Waals surface area contributed by atoms with Crippen LogP contribution in [0.2, 0.25) is 0 Å². The van der Waals surface area contributed by atoms with E-state index in [1.165, 1.54) is 0 Å². The van der Waals surface area contributed by atoms with E-state index in [2.05, 4.69) is 5.32 Å². The van der Waals surface area contributed by atoms with Crippen molar-refractivity contribution in [3.63, 3.8) is 0 Å². The quantitative estimate of drug-likeness (QED) is 0.843. The van der Waals surface area contributed by atoms with Crippen LogP contribution >= 0.6 is 0 Å². The molecule has 4 nitrogen and oxygen atoms in total. The van der Waals surface area contributed by atoms with Crippen LogP contribution in [0.25, 0.3) is 0 Å². The number of ether oxygens (including phenoxy) is 2. The first-order valence-electron chi connectivity index (χ1n) is 6.24. The van der Waals surface area contributed by atoms with Crippen molar-refractivity contribution < 1.29 is 14.3 Å². The number of carbonyl (C=O) groups is 1. The molecule has 1 amide bonds. The minimum absolute atomic E-state index is 0.242. The molecule has 4 heteroatoms. The van der Waals surface area contributed by atoms with E-state index in [4.69, 9.17) is 9.47 Å². The minimum Gasteiger partial charge on any atom is -0.410 e. The maximum atomic E-state index is 11.6. The van der Waals surface area contributed by atoms with Crippen LogP contribution < -0.4 is 10.1 Å². The number of methoxy groups -OCH3 is 1. The van der Waals surface area contributed by atoms with Crippen molar-refractivity contribution in [2.45, 2.75) is 19.3 Å². The van der Waals surface area contributed by atoms with Gasteiger partial charge in [0.25, 0.3) is 0 Å². The summed E-state index contributed by atoms with van der Waals surface area (Å²) in [6.45, 7) is 1.41. The van der Waals surface area contributed by atoms with Gasteiger partial charge >= 0.3 is 6.09 Å². The maximum absolute atomic E-state index is 11.6. The van der Waals surface area contributed by atoms with Gasteiger partial charge in [0.2, 0.25) is 0 Å². The SMILES string of the molecule is COCCC1(CNC(=O)Oc2ccccc2)CC1. The fourth-order valence-corrected chi connectivity index (χ4v) is 1.90. The van der Waals surface area contributed by atoms with Crippen molar-refractivity contribution in [1.82, 2.24) is 5.32 Å². The summed E-state index contributed by atoms with van der Waals surface area (Å²) >= 11 is 0. The summed E-state index contributed by atoms with van der Waals surface area (Å²) in [6, 6.07) is 9.08. The first-order chi connectivity index (χ1) is 8.74. The van der Waals surface area contributed by atoms with E-state index < -0.39 is 0 Å². The smallest absolute Gasteiger partial charge is 0.410 e. The topological polar surface area (TPSA) is 47.6 Å². The molecule has 0 heterocycles. The molecule has 2 rings (SSSR count). The van der Waals surface area contributed by atoms with Crippen LogP contribution in [0.15, 0.2) is 30.3 Å². The van der Waals surface area contributed by atoms with Gasteiger partial charge in [0.05, 0.1) is 0 Å². The van der Waals surface area contributed by atoms with E-state index in [1.807, 2.05) is 18.2 Å². The molecular formula is C14H19NO3. The van der Waals surface area contributed by atoms with Crippen molar-refractivity contribution in [2.24, 2.45) is 5.41 Å². The molecule has 1 saturated carbocycles. The predicted octanol–water partition coefficient (Wildman–Crippen LogP) is 2.59. The molecule has 0 aliphatic heterocycles. The molecule has 0 unspecified atom stereocenters. The van der Waals surface area contributed by atoms with Gasteiger partial charge < -0.3 is 14.8 Å². The van der Waals surface area contributed by atoms with Gasteiger partial charge in [-0.15, -0.1) is 0 Å². The summed E-state index contributed by atoms with van der Waals surface area (Å²) in [5.41, 5.74) is 0.242. The molecule has 1 aromatic carbocycles. The van der Waals surface area contributed by atoms with E-state index in [0.29, 0.717) is 12.3 Å². The Kier molecular flexibility index (Phi) is 4.20. The van der Waals surface area contributed by atoms with Gasteiger partial charge in [-0.25, -0.2) is 4.79 Å². The zero-order chi connectivity index (χ0) is 12.8. The molecule has 18 heavy (non-hydrogen) atoms. The van der Waals surface area contributed by atoms with Gasteiger partial charge in [0.1, 0.15) is 5.75 Å². The van der Waals surface area contributed by atoms with Crippen LogP contribution in [-0.2, 0) is 4.74 Å². The number of carbonyl (C=O) groups excluding carboxylic acids is 1. The second kappa shape index (κ2) is 5.87. The average molecular weight is 249 g/mol. The first kappa shape index (κ1) is 12.9. The molecule has 1 aliphatic carbocycles. The van der Waals surface area contributed by atoms with Crippen molar-refractivity contribution in [2.75, 3.05) is 20.3 Å². The average Bonchev–Trinajstić information content (AvgIpc) is 3.16. The summed E-state index contributed by atoms with van der Waals surface area (Å²) in [5.74, 6) is 0.566. The lowest BCUT2D eigenvalue weighted by atomic mass is 10.0. The monoisotopic (exact) mass is 249 g/mol. The van der Waals surface area contributed by atoms with Gasteiger partial charge in [0, 0.05) is 20.3 Å². The predicted molar refractivity (Wildman–Crippen MR) is 68.6 cm³/mol. The highest BCUT2D eigenvalue weighted by Gasteiger charge is 2.42. The number of hydrogen-bond acceptors (Lipinski definition) is 3. The molecule has 1 N–H and O–H groups in total. The van der Waals surface area contributed by atoms with Crippen molar-refractivity contribution >= 4 is 6.09 Å². The normalized spacial score (nSPS) is 16.1. The number of hydrogen-bond donors (Lipinski definition) is 1. The Morgan fingerprint density at radius 2 is 2.06 bits per heavy atom. The van der Waals surface area contributed by atoms with Crippen molar-refractivity contribution in [3.05, 3.63) is 30.3 Å². The highest BCUT2D eigenvalue weighted by Crippen LogP contribution is 2.48. The summed E-state index contributed by atoms with van der Waals surface area (Å²) in [6.07, 6.45) is 2.92. The molecule has 1 fully saturated rings. The van der Waals surface area contributed by atoms with Gasteiger partial charge in [0.15, 0.2) is 0 Å². The molecule has 1 aliphatic rings. The summed E-state index contributed by atoms with van der Waals surface area (Å²) in [4.78, 5) is 11.6. The van der Waals surface area contributed by atoms with Crippen LogP contribution in [-0.4, -0.2) is 26.4 Å². The molecule has 0 atom stereocenters. The van der Waals surface area contributed by atoms with Crippen LogP contribution in [0.3, 0.4) is 0 Å². The third kappa shape index (κ3) is 3.74. The molecule has 0 radical (unpaired) electrons. The molecular weight excluding hydrogens is 230 g/mol. The van der Waals surface area contributed by atoms with E-state index in [0.717, 1.165) is 25.9 Å². The Hall–Kier alpha value is -1.55. The van der Waals surface area contributed by atoms with Gasteiger partial charge in [-0.3, -0.25) is 0 Å². The van der Waals surface area contributed by atoms with Gasteiger partial charge in [-0.05, 0) is 36.8 Å². The third-order valence-corrected chi connectivity index (χ3v) is 3.36. The van der Waals surface area contributed by atoms with Crippen LogP contribution in [0.1, 0.15) is 19.3 Å². The molecule has 0 aromatic heterocycles. The largest absolute Gasteiger partial charge is 0.412 e. The Balaban J connectivity index is 1.72. The standard InChI is InChI=1S/C14H19NO3/c1-17-10-9-14(7-8-14)11-15-13(16)18-12-5-3-2-4-6-12/h2-6H,7-11H2,1H3,(H,15,16). The lowest BCUT2D eigenvalue weighted by Gasteiger charge is -2.15. The Morgan fingerprint density at radius 3 is 2.67 bits per heavy atom. The molecule has 0 bridgehead atoms. The molecule has 0 spiro atoms. The third-order valence-electron chi connectivity index (χ3n) is 3.36. The van der Waals surface area contributed by atoms with Gasteiger partial charge in [-0.1, -0.05) is 18.2 Å². The Morgan fingerprint density at radius 1 is 1.33 bits per heavy atom. The summed E-state index contributed by atoms with van der Waals surface area (Å²) in [5, 5.41) is 2.83. The zero-order valence-electron chi connectivity index (χ0n) is 10.6. The highest BCUT2D eigenvalue weighted by molar-refractivity contribution is 5.70. The zero-order valence-corrected chi connectivity index (χ0v) is 10.6. The van der Waals surface area contributed by atoms with E-state index >= 15 is 0 Å². The highest BCUT2D eigenvalue weighted by atomic mass is 16.6. The summed E-state index contributed by atoms with van der Waals surface area (Å²) in [7, 11) is 1.70. The van der Waals surface area contributed by atoms with E-state index in [-0.39, 0.29) is 11.5 Å². The number of rotatable bonds is 6. The first-order valence-corrected chi connectivity index (χ1v) is 6.24. The molecule has 98 valence electrons. The summed E-state index contributed by atoms with van der Waals surface area (Å²) < 4.78 is 10.2. The molecule has 0 saturated heterocycles. The second-order valence-electron chi connectivity index (χ2n) is 4.80. The lowest BCUT2D eigenvalue weighted by molar-refractivity contribution is 0.167. The number of amides is 1. The Bertz CT molecular complexity index is 387. The number of benzene rings is 1. The Labute approximate surface area is 107 Å². The fraction of sp³-hybridized carbons (Fsp3) is 0.500. The van der Waals surface area contributed by atoms with E-state index in [1.54, 1.807) is 19.2 Å². The molecule has 1 aromatic rings. The number of nitrogens with one attached hydrogen (secondary N) is 1. The second-order valence-corrected chi connectivity index (χ2v) is 4.80. The van der Waals surface area contributed by atoms with Crippen LogP contribution in [0.4, 0.5) is 4.79 Å². The van der Waals surface area contributed by atoms with Crippen molar-refractivity contribution in [3.8, 4) is 5.75 Å². The van der Waals surface area contributed by atoms with Crippen LogP contribution in [0, 0.1) is 5.41 Å². The lowest BCUT2D eigenvalue weighted by Crippen LogP contribution is -2.33. The van der Waals surface area contributed by atoms with Crippen molar-refractivity contribution in [1.29, 1.82) is 0 Å². The van der Waals surface area contributed by atoms with E-state index in [9.17, 15) is 4.79 Å². The number of para-hydroxylation sites is 1. The minimum atomic E-state index is -0.384. The fourth-order valence-electron chi connectivity index (χ4n) is 1.90. The van der Waals surface area contributed by atoms with Crippen LogP contribution in [0.5, 0.6) is 5.75 Å². The maximum Gasteiger partial charge on any atom is 0.412 e.